The fourth-order valence-corrected chi connectivity index (χ4v) is 2.53. The second-order valence-electron chi connectivity index (χ2n) is 5.79. The van der Waals surface area contributed by atoms with Crippen molar-refractivity contribution >= 4 is 11.6 Å². The van der Waals surface area contributed by atoms with Gasteiger partial charge in [-0.05, 0) is 42.0 Å². The zero-order chi connectivity index (χ0) is 19.1. The fourth-order valence-electron chi connectivity index (χ4n) is 2.53. The lowest BCUT2D eigenvalue weighted by Crippen LogP contribution is -2.12. The van der Waals surface area contributed by atoms with Crippen molar-refractivity contribution < 1.29 is 14.3 Å². The minimum Gasteiger partial charge on any atom is -0.493 e. The van der Waals surface area contributed by atoms with Crippen molar-refractivity contribution in [3.05, 3.63) is 89.5 Å². The van der Waals surface area contributed by atoms with Gasteiger partial charge in [0.2, 0.25) is 0 Å². The third-order valence-corrected chi connectivity index (χ3v) is 3.91. The molecule has 0 unspecified atom stereocenters. The van der Waals surface area contributed by atoms with Crippen LogP contribution >= 0.6 is 0 Å². The number of ether oxygens (including phenoxy) is 2. The van der Waals surface area contributed by atoms with Crippen LogP contribution in [0.4, 0.5) is 5.69 Å². The van der Waals surface area contributed by atoms with Crippen molar-refractivity contribution in [1.29, 1.82) is 5.26 Å². The van der Waals surface area contributed by atoms with Crippen molar-refractivity contribution in [2.24, 2.45) is 0 Å². The van der Waals surface area contributed by atoms with Crippen LogP contribution < -0.4 is 14.8 Å². The largest absolute Gasteiger partial charge is 0.493 e. The van der Waals surface area contributed by atoms with Crippen molar-refractivity contribution in [3.63, 3.8) is 0 Å². The number of hydrogen-bond acceptors (Lipinski definition) is 4. The molecular weight excluding hydrogens is 340 g/mol. The summed E-state index contributed by atoms with van der Waals surface area (Å²) >= 11 is 0. The van der Waals surface area contributed by atoms with Crippen LogP contribution in [0.2, 0.25) is 0 Å². The molecule has 5 heteroatoms. The van der Waals surface area contributed by atoms with Gasteiger partial charge in [-0.15, -0.1) is 0 Å². The highest BCUT2D eigenvalue weighted by Crippen LogP contribution is 2.29. The molecule has 0 atom stereocenters. The van der Waals surface area contributed by atoms with Gasteiger partial charge in [-0.1, -0.05) is 36.4 Å². The predicted octanol–water partition coefficient (Wildman–Crippen LogP) is 4.40. The third kappa shape index (κ3) is 4.65. The molecule has 0 heterocycles. The van der Waals surface area contributed by atoms with Crippen LogP contribution in [0, 0.1) is 11.3 Å². The molecule has 134 valence electrons. The molecule has 1 amide bonds. The summed E-state index contributed by atoms with van der Waals surface area (Å²) in [6.07, 6.45) is 0. The Hall–Kier alpha value is -3.78. The SMILES string of the molecule is COc1cc(C(=O)Nc2cccc(C#N)c2)ccc1OCc1ccccc1. The number of nitrogens with zero attached hydrogens (tertiary/aromatic N) is 1. The van der Waals surface area contributed by atoms with E-state index < -0.39 is 0 Å². The first-order valence-corrected chi connectivity index (χ1v) is 8.36. The van der Waals surface area contributed by atoms with E-state index in [-0.39, 0.29) is 5.91 Å². The zero-order valence-corrected chi connectivity index (χ0v) is 14.8. The average molecular weight is 358 g/mol. The van der Waals surface area contributed by atoms with Gasteiger partial charge in [-0.3, -0.25) is 4.79 Å². The first-order valence-electron chi connectivity index (χ1n) is 8.36. The second kappa shape index (κ2) is 8.54. The van der Waals surface area contributed by atoms with Crippen molar-refractivity contribution in [2.45, 2.75) is 6.61 Å². The Balaban J connectivity index is 1.72. The molecule has 5 nitrogen and oxygen atoms in total. The summed E-state index contributed by atoms with van der Waals surface area (Å²) in [5.74, 6) is 0.742. The Labute approximate surface area is 157 Å². The highest BCUT2D eigenvalue weighted by atomic mass is 16.5. The standard InChI is InChI=1S/C22H18N2O3/c1-26-21-13-18(22(25)24-19-9-5-8-17(12-19)14-23)10-11-20(21)27-15-16-6-3-2-4-7-16/h2-13H,15H2,1H3,(H,24,25). The van der Waals surface area contributed by atoms with Crippen LogP contribution in [0.5, 0.6) is 11.5 Å². The van der Waals surface area contributed by atoms with Gasteiger partial charge >= 0.3 is 0 Å². The predicted molar refractivity (Wildman–Crippen MR) is 103 cm³/mol. The van der Waals surface area contributed by atoms with Gasteiger partial charge in [0.1, 0.15) is 6.61 Å². The zero-order valence-electron chi connectivity index (χ0n) is 14.8. The summed E-state index contributed by atoms with van der Waals surface area (Å²) < 4.78 is 11.2. The van der Waals surface area contributed by atoms with E-state index in [1.165, 1.54) is 7.11 Å². The molecule has 0 radical (unpaired) electrons. The average Bonchev–Trinajstić information content (AvgIpc) is 2.73. The van der Waals surface area contributed by atoms with Gasteiger partial charge in [0.05, 0.1) is 18.7 Å². The molecule has 0 fully saturated rings. The molecule has 0 bridgehead atoms. The fraction of sp³-hybridized carbons (Fsp3) is 0.0909. The highest BCUT2D eigenvalue weighted by Gasteiger charge is 2.12. The minimum absolute atomic E-state index is 0.294. The molecule has 0 aliphatic rings. The van der Waals surface area contributed by atoms with Gasteiger partial charge in [-0.2, -0.15) is 5.26 Å². The van der Waals surface area contributed by atoms with Crippen LogP contribution in [0.25, 0.3) is 0 Å². The molecule has 27 heavy (non-hydrogen) atoms. The van der Waals surface area contributed by atoms with E-state index in [0.717, 1.165) is 5.56 Å². The number of nitriles is 1. The van der Waals surface area contributed by atoms with E-state index in [1.54, 1.807) is 42.5 Å². The van der Waals surface area contributed by atoms with E-state index in [0.29, 0.717) is 34.9 Å². The van der Waals surface area contributed by atoms with Gasteiger partial charge in [0.15, 0.2) is 11.5 Å². The van der Waals surface area contributed by atoms with Gasteiger partial charge < -0.3 is 14.8 Å². The lowest BCUT2D eigenvalue weighted by atomic mass is 10.1. The summed E-state index contributed by atoms with van der Waals surface area (Å²) in [4.78, 5) is 12.5. The molecule has 0 spiro atoms. The highest BCUT2D eigenvalue weighted by molar-refractivity contribution is 6.04. The minimum atomic E-state index is -0.294. The van der Waals surface area contributed by atoms with Crippen LogP contribution in [-0.4, -0.2) is 13.0 Å². The first-order chi connectivity index (χ1) is 13.2. The van der Waals surface area contributed by atoms with Crippen LogP contribution in [0.3, 0.4) is 0 Å². The maximum atomic E-state index is 12.5. The molecule has 0 saturated heterocycles. The molecule has 3 aromatic rings. The Kier molecular flexibility index (Phi) is 5.70. The number of amides is 1. The first kappa shape index (κ1) is 18.0. The normalized spacial score (nSPS) is 9.93. The topological polar surface area (TPSA) is 71.3 Å². The quantitative estimate of drug-likeness (QED) is 0.709. The monoisotopic (exact) mass is 358 g/mol. The van der Waals surface area contributed by atoms with Crippen molar-refractivity contribution in [3.8, 4) is 17.6 Å². The number of nitrogens with one attached hydrogen (secondary N) is 1. The maximum Gasteiger partial charge on any atom is 0.255 e. The molecule has 3 aromatic carbocycles. The number of hydrogen-bond donors (Lipinski definition) is 1. The number of carbonyl (C=O) groups excluding carboxylic acids is 1. The van der Waals surface area contributed by atoms with E-state index >= 15 is 0 Å². The molecular formula is C22H18N2O3. The van der Waals surface area contributed by atoms with Gasteiger partial charge in [0, 0.05) is 11.3 Å². The maximum absolute atomic E-state index is 12.5. The molecule has 0 aromatic heterocycles. The Morgan fingerprint density at radius 1 is 1.00 bits per heavy atom. The number of rotatable bonds is 6. The van der Waals surface area contributed by atoms with Gasteiger partial charge in [0.25, 0.3) is 5.91 Å². The molecule has 0 aliphatic carbocycles. The Bertz CT molecular complexity index is 978. The van der Waals surface area contributed by atoms with E-state index in [1.807, 2.05) is 36.4 Å². The van der Waals surface area contributed by atoms with Crippen LogP contribution in [0.1, 0.15) is 21.5 Å². The lowest BCUT2D eigenvalue weighted by Gasteiger charge is -2.12. The summed E-state index contributed by atoms with van der Waals surface area (Å²) in [5.41, 5.74) is 2.51. The molecule has 3 rings (SSSR count). The van der Waals surface area contributed by atoms with E-state index in [4.69, 9.17) is 14.7 Å². The summed E-state index contributed by atoms with van der Waals surface area (Å²) in [7, 11) is 1.53. The number of anilines is 1. The van der Waals surface area contributed by atoms with Crippen molar-refractivity contribution in [2.75, 3.05) is 12.4 Å². The summed E-state index contributed by atoms with van der Waals surface area (Å²) in [5, 5.41) is 11.7. The van der Waals surface area contributed by atoms with Crippen molar-refractivity contribution in [1.82, 2.24) is 0 Å². The van der Waals surface area contributed by atoms with Gasteiger partial charge in [-0.25, -0.2) is 0 Å². The molecule has 0 aliphatic heterocycles. The molecule has 1 N–H and O–H groups in total. The Morgan fingerprint density at radius 3 is 2.56 bits per heavy atom. The van der Waals surface area contributed by atoms with Crippen LogP contribution in [0.15, 0.2) is 72.8 Å². The Morgan fingerprint density at radius 2 is 1.81 bits per heavy atom. The number of benzene rings is 3. The lowest BCUT2D eigenvalue weighted by molar-refractivity contribution is 0.102. The smallest absolute Gasteiger partial charge is 0.255 e. The second-order valence-corrected chi connectivity index (χ2v) is 5.79. The molecule has 0 saturated carbocycles. The van der Waals surface area contributed by atoms with E-state index in [2.05, 4.69) is 5.32 Å². The summed E-state index contributed by atoms with van der Waals surface area (Å²) in [6.45, 7) is 0.406. The third-order valence-electron chi connectivity index (χ3n) is 3.91. The van der Waals surface area contributed by atoms with E-state index in [9.17, 15) is 4.79 Å². The van der Waals surface area contributed by atoms with Crippen LogP contribution in [-0.2, 0) is 6.61 Å². The summed E-state index contributed by atoms with van der Waals surface area (Å²) in [6, 6.07) is 23.6. The number of carbonyl (C=O) groups is 1. The number of methoxy groups -OCH3 is 1.